The van der Waals surface area contributed by atoms with Gasteiger partial charge in [-0.05, 0) is 37.5 Å². The van der Waals surface area contributed by atoms with Gasteiger partial charge in [0.2, 0.25) is 0 Å². The van der Waals surface area contributed by atoms with Gasteiger partial charge in [-0.2, -0.15) is 0 Å². The van der Waals surface area contributed by atoms with Crippen molar-refractivity contribution in [2.75, 3.05) is 5.33 Å². The fourth-order valence-corrected chi connectivity index (χ4v) is 2.77. The maximum absolute atomic E-state index is 12.4. The van der Waals surface area contributed by atoms with Crippen molar-refractivity contribution in [1.29, 1.82) is 0 Å². The summed E-state index contributed by atoms with van der Waals surface area (Å²) < 4.78 is 0. The fourth-order valence-electron chi connectivity index (χ4n) is 2.37. The Bertz CT molecular complexity index is 610. The maximum Gasteiger partial charge on any atom is 0.251 e. The lowest BCUT2D eigenvalue weighted by Gasteiger charge is -2.17. The number of hydrogen-bond donors (Lipinski definition) is 1. The van der Waals surface area contributed by atoms with Crippen LogP contribution in [0, 0.1) is 13.8 Å². The Hall–Kier alpha value is -1.61. The van der Waals surface area contributed by atoms with E-state index in [1.165, 1.54) is 11.1 Å². The normalized spacial score (nSPS) is 12.0. The largest absolute Gasteiger partial charge is 0.348 e. The minimum Gasteiger partial charge on any atom is -0.348 e. The second-order valence-electron chi connectivity index (χ2n) is 5.33. The van der Waals surface area contributed by atoms with Gasteiger partial charge in [0.25, 0.3) is 5.91 Å². The molecule has 0 aliphatic rings. The number of carbonyl (C=O) groups is 1. The molecule has 21 heavy (non-hydrogen) atoms. The molecule has 110 valence electrons. The van der Waals surface area contributed by atoms with Gasteiger partial charge >= 0.3 is 0 Å². The third-order valence-electron chi connectivity index (χ3n) is 3.47. The van der Waals surface area contributed by atoms with Crippen LogP contribution in [0.3, 0.4) is 0 Å². The van der Waals surface area contributed by atoms with E-state index >= 15 is 0 Å². The first-order valence-corrected chi connectivity index (χ1v) is 8.20. The van der Waals surface area contributed by atoms with Crippen LogP contribution in [0.25, 0.3) is 0 Å². The molecule has 3 heteroatoms. The zero-order chi connectivity index (χ0) is 15.2. The molecule has 2 aromatic rings. The number of amides is 1. The summed E-state index contributed by atoms with van der Waals surface area (Å²) in [5.41, 5.74) is 4.16. The fraction of sp³-hybridized carbons (Fsp3) is 0.278. The Morgan fingerprint density at radius 3 is 2.48 bits per heavy atom. The summed E-state index contributed by atoms with van der Waals surface area (Å²) in [6.07, 6.45) is 0.822. The summed E-state index contributed by atoms with van der Waals surface area (Å²) in [7, 11) is 0. The van der Waals surface area contributed by atoms with Crippen molar-refractivity contribution in [3.05, 3.63) is 70.8 Å². The lowest BCUT2D eigenvalue weighted by atomic mass is 10.0. The van der Waals surface area contributed by atoms with Crippen molar-refractivity contribution in [3.8, 4) is 0 Å². The summed E-state index contributed by atoms with van der Waals surface area (Å²) in [6.45, 7) is 4.01. The van der Waals surface area contributed by atoms with E-state index in [-0.39, 0.29) is 11.9 Å². The van der Waals surface area contributed by atoms with E-state index in [9.17, 15) is 4.79 Å². The standard InChI is InChI=1S/C18H20BrNO/c1-13-8-9-17(14(2)10-13)18(21)20-16(12-19)11-15-6-4-3-5-7-15/h3-10,16H,11-12H2,1-2H3,(H,20,21). The average Bonchev–Trinajstić information content (AvgIpc) is 2.47. The van der Waals surface area contributed by atoms with Gasteiger partial charge in [-0.15, -0.1) is 0 Å². The van der Waals surface area contributed by atoms with Crippen molar-refractivity contribution in [2.24, 2.45) is 0 Å². The second-order valence-corrected chi connectivity index (χ2v) is 5.98. The van der Waals surface area contributed by atoms with Crippen molar-refractivity contribution in [2.45, 2.75) is 26.3 Å². The Morgan fingerprint density at radius 1 is 1.14 bits per heavy atom. The van der Waals surface area contributed by atoms with Crippen LogP contribution in [0.2, 0.25) is 0 Å². The number of halogens is 1. The minimum atomic E-state index is -0.00659. The molecule has 0 saturated carbocycles. The summed E-state index contributed by atoms with van der Waals surface area (Å²) in [5, 5.41) is 3.84. The first-order chi connectivity index (χ1) is 10.1. The summed E-state index contributed by atoms with van der Waals surface area (Å²) in [5.74, 6) is -0.00659. The Morgan fingerprint density at radius 2 is 1.86 bits per heavy atom. The van der Waals surface area contributed by atoms with Crippen molar-refractivity contribution >= 4 is 21.8 Å². The molecule has 0 aliphatic carbocycles. The molecular formula is C18H20BrNO. The quantitative estimate of drug-likeness (QED) is 0.814. The zero-order valence-corrected chi connectivity index (χ0v) is 14.0. The zero-order valence-electron chi connectivity index (χ0n) is 12.4. The molecule has 1 amide bonds. The van der Waals surface area contributed by atoms with Crippen LogP contribution in [0.4, 0.5) is 0 Å². The summed E-state index contributed by atoms with van der Waals surface area (Å²) in [6, 6.07) is 16.2. The molecule has 0 heterocycles. The molecule has 0 aromatic heterocycles. The van der Waals surface area contributed by atoms with Crippen molar-refractivity contribution < 1.29 is 4.79 Å². The van der Waals surface area contributed by atoms with E-state index in [0.717, 1.165) is 22.9 Å². The number of carbonyl (C=O) groups excluding carboxylic acids is 1. The van der Waals surface area contributed by atoms with E-state index < -0.39 is 0 Å². The van der Waals surface area contributed by atoms with Crippen LogP contribution in [-0.2, 0) is 6.42 Å². The third kappa shape index (κ3) is 4.43. The highest BCUT2D eigenvalue weighted by atomic mass is 79.9. The Balaban J connectivity index is 2.06. The van der Waals surface area contributed by atoms with Gasteiger partial charge in [0.05, 0.1) is 0 Å². The maximum atomic E-state index is 12.4. The third-order valence-corrected chi connectivity index (χ3v) is 4.25. The molecule has 0 spiro atoms. The average molecular weight is 346 g/mol. The lowest BCUT2D eigenvalue weighted by Crippen LogP contribution is -2.38. The van der Waals surface area contributed by atoms with Crippen molar-refractivity contribution in [3.63, 3.8) is 0 Å². The highest BCUT2D eigenvalue weighted by Crippen LogP contribution is 2.12. The molecule has 0 bridgehead atoms. The number of hydrogen-bond acceptors (Lipinski definition) is 1. The van der Waals surface area contributed by atoms with E-state index in [1.807, 2.05) is 50.2 Å². The molecule has 0 saturated heterocycles. The second kappa shape index (κ2) is 7.41. The van der Waals surface area contributed by atoms with Gasteiger partial charge in [0, 0.05) is 16.9 Å². The molecule has 0 fully saturated rings. The summed E-state index contributed by atoms with van der Waals surface area (Å²) >= 11 is 3.49. The molecule has 1 unspecified atom stereocenters. The van der Waals surface area contributed by atoms with E-state index in [2.05, 4.69) is 33.4 Å². The van der Waals surface area contributed by atoms with E-state index in [1.54, 1.807) is 0 Å². The SMILES string of the molecule is Cc1ccc(C(=O)NC(CBr)Cc2ccccc2)c(C)c1. The monoisotopic (exact) mass is 345 g/mol. The predicted octanol–water partition coefficient (Wildman–Crippen LogP) is 4.04. The van der Waals surface area contributed by atoms with Gasteiger partial charge in [0.15, 0.2) is 0 Å². The van der Waals surface area contributed by atoms with E-state index in [4.69, 9.17) is 0 Å². The molecule has 0 radical (unpaired) electrons. The van der Waals surface area contributed by atoms with Crippen LogP contribution < -0.4 is 5.32 Å². The Labute approximate surface area is 134 Å². The van der Waals surface area contributed by atoms with Crippen LogP contribution in [0.5, 0.6) is 0 Å². The topological polar surface area (TPSA) is 29.1 Å². The predicted molar refractivity (Wildman–Crippen MR) is 91.1 cm³/mol. The van der Waals surface area contributed by atoms with Crippen LogP contribution >= 0.6 is 15.9 Å². The number of nitrogens with one attached hydrogen (secondary N) is 1. The minimum absolute atomic E-state index is 0.00659. The van der Waals surface area contributed by atoms with Gasteiger partial charge < -0.3 is 5.32 Å². The number of benzene rings is 2. The van der Waals surface area contributed by atoms with Gasteiger partial charge in [-0.3, -0.25) is 4.79 Å². The molecule has 0 aliphatic heterocycles. The van der Waals surface area contributed by atoms with Crippen LogP contribution in [0.15, 0.2) is 48.5 Å². The van der Waals surface area contributed by atoms with Gasteiger partial charge in [-0.25, -0.2) is 0 Å². The van der Waals surface area contributed by atoms with Crippen molar-refractivity contribution in [1.82, 2.24) is 5.32 Å². The molecular weight excluding hydrogens is 326 g/mol. The molecule has 2 rings (SSSR count). The smallest absolute Gasteiger partial charge is 0.251 e. The molecule has 1 atom stereocenters. The lowest BCUT2D eigenvalue weighted by molar-refractivity contribution is 0.0940. The highest BCUT2D eigenvalue weighted by molar-refractivity contribution is 9.09. The molecule has 2 nitrogen and oxygen atoms in total. The number of rotatable bonds is 5. The van der Waals surface area contributed by atoms with Crippen LogP contribution in [-0.4, -0.2) is 17.3 Å². The van der Waals surface area contributed by atoms with E-state index in [0.29, 0.717) is 0 Å². The van der Waals surface area contributed by atoms with Crippen LogP contribution in [0.1, 0.15) is 27.0 Å². The van der Waals surface area contributed by atoms with Gasteiger partial charge in [0.1, 0.15) is 0 Å². The van der Waals surface area contributed by atoms with Gasteiger partial charge in [-0.1, -0.05) is 64.0 Å². The Kier molecular flexibility index (Phi) is 5.57. The number of alkyl halides is 1. The number of aryl methyl sites for hydroxylation is 2. The first kappa shape index (κ1) is 15.8. The molecule has 1 N–H and O–H groups in total. The molecule has 2 aromatic carbocycles. The highest BCUT2D eigenvalue weighted by Gasteiger charge is 2.15. The first-order valence-electron chi connectivity index (χ1n) is 7.08. The summed E-state index contributed by atoms with van der Waals surface area (Å²) in [4.78, 5) is 12.4.